The fourth-order valence-electron chi connectivity index (χ4n) is 2.05. The number of ether oxygens (including phenoxy) is 1. The molecule has 1 heterocycles. The molecular weight excluding hydrogens is 245 g/mol. The molecule has 1 N–H and O–H groups in total. The van der Waals surface area contributed by atoms with Crippen molar-refractivity contribution in [2.75, 3.05) is 31.7 Å². The van der Waals surface area contributed by atoms with Crippen molar-refractivity contribution >= 4 is 5.82 Å². The highest BCUT2D eigenvalue weighted by Gasteiger charge is 2.21. The van der Waals surface area contributed by atoms with Gasteiger partial charge in [0.15, 0.2) is 0 Å². The van der Waals surface area contributed by atoms with Crippen LogP contribution in [0, 0.1) is 5.82 Å². The predicted molar refractivity (Wildman–Crippen MR) is 73.8 cm³/mol. The fourth-order valence-corrected chi connectivity index (χ4v) is 2.05. The first-order valence-electron chi connectivity index (χ1n) is 6.86. The van der Waals surface area contributed by atoms with Crippen LogP contribution in [0.1, 0.15) is 25.3 Å². The summed E-state index contributed by atoms with van der Waals surface area (Å²) >= 11 is 0. The Bertz CT molecular complexity index is 410. The van der Waals surface area contributed by atoms with E-state index in [9.17, 15) is 4.39 Å². The molecule has 2 rings (SSSR count). The van der Waals surface area contributed by atoms with Gasteiger partial charge in [0.2, 0.25) is 0 Å². The van der Waals surface area contributed by atoms with Crippen molar-refractivity contribution in [3.05, 3.63) is 23.6 Å². The Morgan fingerprint density at radius 2 is 2.32 bits per heavy atom. The summed E-state index contributed by atoms with van der Waals surface area (Å²) in [6.45, 7) is 4.98. The third-order valence-electron chi connectivity index (χ3n) is 3.31. The molecule has 1 aromatic heterocycles. The van der Waals surface area contributed by atoms with E-state index in [4.69, 9.17) is 4.74 Å². The maximum absolute atomic E-state index is 13.4. The zero-order valence-electron chi connectivity index (χ0n) is 11.7. The quantitative estimate of drug-likeness (QED) is 0.781. The summed E-state index contributed by atoms with van der Waals surface area (Å²) in [6.07, 6.45) is 3.73. The third kappa shape index (κ3) is 4.14. The second-order valence-electron chi connectivity index (χ2n) is 4.86. The first-order valence-corrected chi connectivity index (χ1v) is 6.86. The molecule has 0 atom stereocenters. The van der Waals surface area contributed by atoms with Crippen LogP contribution in [0.5, 0.6) is 0 Å². The van der Waals surface area contributed by atoms with Crippen LogP contribution in [0.4, 0.5) is 10.2 Å². The van der Waals surface area contributed by atoms with Gasteiger partial charge in [0, 0.05) is 38.3 Å². The zero-order chi connectivity index (χ0) is 13.7. The number of rotatable bonds is 8. The number of hydrogen-bond donors (Lipinski definition) is 1. The van der Waals surface area contributed by atoms with Crippen molar-refractivity contribution in [1.29, 1.82) is 0 Å². The molecule has 1 fully saturated rings. The molecule has 1 aliphatic rings. The first kappa shape index (κ1) is 14.2. The number of likely N-dealkylation sites (N-methyl/N-ethyl adjacent to an activating group) is 1. The standard InChI is InChI=1S/C14H22FN3O/c1-3-18(6-7-19-2)14-11(8-12(15)10-17-14)9-16-13-4-5-13/h8,10,13,16H,3-7,9H2,1-2H3. The Hall–Kier alpha value is -1.20. The minimum atomic E-state index is -0.279. The van der Waals surface area contributed by atoms with E-state index in [1.165, 1.54) is 19.0 Å². The van der Waals surface area contributed by atoms with Crippen LogP contribution in [0.3, 0.4) is 0 Å². The summed E-state index contributed by atoms with van der Waals surface area (Å²) in [4.78, 5) is 6.37. The predicted octanol–water partition coefficient (Wildman–Crippen LogP) is 1.95. The van der Waals surface area contributed by atoms with E-state index in [0.717, 1.165) is 24.5 Å². The van der Waals surface area contributed by atoms with Crippen molar-refractivity contribution < 1.29 is 9.13 Å². The molecular formula is C14H22FN3O. The topological polar surface area (TPSA) is 37.4 Å². The van der Waals surface area contributed by atoms with Gasteiger partial charge >= 0.3 is 0 Å². The second kappa shape index (κ2) is 6.82. The van der Waals surface area contributed by atoms with Crippen LogP contribution in [-0.4, -0.2) is 37.8 Å². The molecule has 0 amide bonds. The van der Waals surface area contributed by atoms with Crippen molar-refractivity contribution in [2.24, 2.45) is 0 Å². The number of methoxy groups -OCH3 is 1. The largest absolute Gasteiger partial charge is 0.383 e. The average molecular weight is 267 g/mol. The molecule has 106 valence electrons. The van der Waals surface area contributed by atoms with Gasteiger partial charge in [0.25, 0.3) is 0 Å². The van der Waals surface area contributed by atoms with Crippen molar-refractivity contribution in [1.82, 2.24) is 10.3 Å². The summed E-state index contributed by atoms with van der Waals surface area (Å²) in [7, 11) is 1.68. The Labute approximate surface area is 114 Å². The van der Waals surface area contributed by atoms with Crippen LogP contribution >= 0.6 is 0 Å². The number of pyridine rings is 1. The molecule has 0 aliphatic heterocycles. The molecule has 0 spiro atoms. The van der Waals surface area contributed by atoms with E-state index in [0.29, 0.717) is 19.2 Å². The van der Waals surface area contributed by atoms with Gasteiger partial charge in [0.1, 0.15) is 11.6 Å². The van der Waals surface area contributed by atoms with E-state index < -0.39 is 0 Å². The van der Waals surface area contributed by atoms with Crippen LogP contribution < -0.4 is 10.2 Å². The van der Waals surface area contributed by atoms with Crippen LogP contribution in [0.2, 0.25) is 0 Å². The summed E-state index contributed by atoms with van der Waals surface area (Å²) in [5.74, 6) is 0.577. The van der Waals surface area contributed by atoms with Gasteiger partial charge in [-0.1, -0.05) is 0 Å². The molecule has 4 nitrogen and oxygen atoms in total. The van der Waals surface area contributed by atoms with E-state index in [2.05, 4.69) is 22.1 Å². The van der Waals surface area contributed by atoms with Crippen LogP contribution in [-0.2, 0) is 11.3 Å². The van der Waals surface area contributed by atoms with E-state index >= 15 is 0 Å². The van der Waals surface area contributed by atoms with Gasteiger partial charge in [-0.3, -0.25) is 0 Å². The Morgan fingerprint density at radius 1 is 1.53 bits per heavy atom. The highest BCUT2D eigenvalue weighted by molar-refractivity contribution is 5.46. The molecule has 0 unspecified atom stereocenters. The van der Waals surface area contributed by atoms with E-state index in [1.54, 1.807) is 13.2 Å². The lowest BCUT2D eigenvalue weighted by Crippen LogP contribution is -2.30. The highest BCUT2D eigenvalue weighted by Crippen LogP contribution is 2.22. The maximum Gasteiger partial charge on any atom is 0.141 e. The smallest absolute Gasteiger partial charge is 0.141 e. The molecule has 1 saturated carbocycles. The molecule has 1 aliphatic carbocycles. The average Bonchev–Trinajstić information content (AvgIpc) is 3.23. The normalized spacial score (nSPS) is 14.7. The summed E-state index contributed by atoms with van der Waals surface area (Å²) in [6, 6.07) is 2.18. The highest BCUT2D eigenvalue weighted by atomic mass is 19.1. The minimum absolute atomic E-state index is 0.279. The second-order valence-corrected chi connectivity index (χ2v) is 4.86. The molecule has 0 aromatic carbocycles. The summed E-state index contributed by atoms with van der Waals surface area (Å²) in [5.41, 5.74) is 0.921. The lowest BCUT2D eigenvalue weighted by Gasteiger charge is -2.24. The number of aromatic nitrogens is 1. The number of hydrogen-bond acceptors (Lipinski definition) is 4. The lowest BCUT2D eigenvalue weighted by molar-refractivity contribution is 0.205. The Kier molecular flexibility index (Phi) is 5.10. The Morgan fingerprint density at radius 3 is 2.95 bits per heavy atom. The summed E-state index contributed by atoms with van der Waals surface area (Å²) < 4.78 is 18.5. The number of nitrogens with one attached hydrogen (secondary N) is 1. The molecule has 0 radical (unpaired) electrons. The number of halogens is 1. The molecule has 19 heavy (non-hydrogen) atoms. The monoisotopic (exact) mass is 267 g/mol. The summed E-state index contributed by atoms with van der Waals surface area (Å²) in [5, 5.41) is 3.41. The lowest BCUT2D eigenvalue weighted by atomic mass is 10.2. The van der Waals surface area contributed by atoms with Gasteiger partial charge in [-0.15, -0.1) is 0 Å². The minimum Gasteiger partial charge on any atom is -0.383 e. The van der Waals surface area contributed by atoms with Gasteiger partial charge in [0.05, 0.1) is 12.8 Å². The van der Waals surface area contributed by atoms with Gasteiger partial charge in [-0.05, 0) is 25.8 Å². The first-order chi connectivity index (χ1) is 9.24. The molecule has 0 bridgehead atoms. The Balaban J connectivity index is 2.10. The molecule has 1 aromatic rings. The zero-order valence-corrected chi connectivity index (χ0v) is 11.7. The SMILES string of the molecule is CCN(CCOC)c1ncc(F)cc1CNC1CC1. The van der Waals surface area contributed by atoms with Gasteiger partial charge < -0.3 is 15.0 Å². The maximum atomic E-state index is 13.4. The van der Waals surface area contributed by atoms with Crippen LogP contribution in [0.25, 0.3) is 0 Å². The molecule has 0 saturated heterocycles. The van der Waals surface area contributed by atoms with Crippen molar-refractivity contribution in [3.8, 4) is 0 Å². The van der Waals surface area contributed by atoms with Gasteiger partial charge in [-0.25, -0.2) is 9.37 Å². The fraction of sp³-hybridized carbons (Fsp3) is 0.643. The third-order valence-corrected chi connectivity index (χ3v) is 3.31. The van der Waals surface area contributed by atoms with E-state index in [1.807, 2.05) is 0 Å². The molecule has 5 heteroatoms. The van der Waals surface area contributed by atoms with Crippen LogP contribution in [0.15, 0.2) is 12.3 Å². The van der Waals surface area contributed by atoms with E-state index in [-0.39, 0.29) is 5.82 Å². The number of nitrogens with zero attached hydrogens (tertiary/aromatic N) is 2. The van der Waals surface area contributed by atoms with Crippen molar-refractivity contribution in [3.63, 3.8) is 0 Å². The van der Waals surface area contributed by atoms with Gasteiger partial charge in [-0.2, -0.15) is 0 Å². The number of anilines is 1. The van der Waals surface area contributed by atoms with Crippen molar-refractivity contribution in [2.45, 2.75) is 32.4 Å².